The van der Waals surface area contributed by atoms with Crippen LogP contribution >= 0.6 is 0 Å². The van der Waals surface area contributed by atoms with Crippen molar-refractivity contribution in [2.24, 2.45) is 20.7 Å². The molecule has 0 saturated carbocycles. The SMILES string of the molecule is CC(C)(C)N=NN=NC(C)(C)C. The molecule has 0 N–H and O–H groups in total. The molecular formula is C8H18N4. The molecule has 0 bridgehead atoms. The van der Waals surface area contributed by atoms with Gasteiger partial charge in [0.05, 0.1) is 11.1 Å². The summed E-state index contributed by atoms with van der Waals surface area (Å²) in [5.74, 6) is 0. The molecule has 4 heteroatoms. The lowest BCUT2D eigenvalue weighted by molar-refractivity contribution is 0.506. The van der Waals surface area contributed by atoms with Gasteiger partial charge < -0.3 is 0 Å². The monoisotopic (exact) mass is 170 g/mol. The van der Waals surface area contributed by atoms with Gasteiger partial charge in [0.2, 0.25) is 0 Å². The molecule has 70 valence electrons. The van der Waals surface area contributed by atoms with Crippen LogP contribution in [0.1, 0.15) is 41.5 Å². The summed E-state index contributed by atoms with van der Waals surface area (Å²) in [7, 11) is 0. The first-order chi connectivity index (χ1) is 5.21. The van der Waals surface area contributed by atoms with E-state index in [2.05, 4.69) is 20.7 Å². The van der Waals surface area contributed by atoms with E-state index in [0.717, 1.165) is 0 Å². The number of nitrogens with zero attached hydrogens (tertiary/aromatic N) is 4. The molecule has 0 spiro atoms. The van der Waals surface area contributed by atoms with Crippen LogP contribution in [0, 0.1) is 0 Å². The fraction of sp³-hybridized carbons (Fsp3) is 1.00. The first kappa shape index (κ1) is 11.2. The maximum absolute atomic E-state index is 3.92. The predicted molar refractivity (Wildman–Crippen MR) is 49.2 cm³/mol. The van der Waals surface area contributed by atoms with Gasteiger partial charge in [-0.2, -0.15) is 10.2 Å². The van der Waals surface area contributed by atoms with Gasteiger partial charge in [0.25, 0.3) is 0 Å². The zero-order valence-electron chi connectivity index (χ0n) is 8.79. The minimum Gasteiger partial charge on any atom is -0.162 e. The number of hydrogen-bond acceptors (Lipinski definition) is 2. The van der Waals surface area contributed by atoms with Gasteiger partial charge in [0, 0.05) is 0 Å². The number of hydrogen-bond donors (Lipinski definition) is 0. The quantitative estimate of drug-likeness (QED) is 0.428. The van der Waals surface area contributed by atoms with Crippen molar-refractivity contribution >= 4 is 0 Å². The fourth-order valence-corrected chi connectivity index (χ4v) is 0.308. The summed E-state index contributed by atoms with van der Waals surface area (Å²) >= 11 is 0. The van der Waals surface area contributed by atoms with E-state index >= 15 is 0 Å². The average Bonchev–Trinajstić information content (AvgIpc) is 1.76. The lowest BCUT2D eigenvalue weighted by atomic mass is 10.1. The maximum Gasteiger partial charge on any atom is 0.0754 e. The van der Waals surface area contributed by atoms with Crippen LogP contribution in [0.5, 0.6) is 0 Å². The van der Waals surface area contributed by atoms with Crippen molar-refractivity contribution in [1.29, 1.82) is 0 Å². The van der Waals surface area contributed by atoms with E-state index < -0.39 is 0 Å². The highest BCUT2D eigenvalue weighted by Crippen LogP contribution is 2.09. The molecule has 0 aromatic heterocycles. The predicted octanol–water partition coefficient (Wildman–Crippen LogP) is 3.40. The van der Waals surface area contributed by atoms with Gasteiger partial charge in [-0.1, -0.05) is 0 Å². The first-order valence-corrected chi connectivity index (χ1v) is 4.05. The molecule has 0 aromatic rings. The molecule has 0 saturated heterocycles. The normalized spacial score (nSPS) is 14.8. The summed E-state index contributed by atoms with van der Waals surface area (Å²) in [6, 6.07) is 0. The third-order valence-corrected chi connectivity index (χ3v) is 0.729. The summed E-state index contributed by atoms with van der Waals surface area (Å²) in [6.45, 7) is 11.8. The van der Waals surface area contributed by atoms with E-state index in [9.17, 15) is 0 Å². The molecule has 0 fully saturated rings. The van der Waals surface area contributed by atoms with E-state index in [1.54, 1.807) is 0 Å². The van der Waals surface area contributed by atoms with E-state index in [0.29, 0.717) is 0 Å². The summed E-state index contributed by atoms with van der Waals surface area (Å²) < 4.78 is 0. The van der Waals surface area contributed by atoms with Crippen molar-refractivity contribution in [1.82, 2.24) is 0 Å². The van der Waals surface area contributed by atoms with Gasteiger partial charge in [-0.25, -0.2) is 0 Å². The molecule has 0 aliphatic heterocycles. The third-order valence-electron chi connectivity index (χ3n) is 0.729. The lowest BCUT2D eigenvalue weighted by Gasteiger charge is -2.08. The van der Waals surface area contributed by atoms with Crippen LogP contribution in [-0.4, -0.2) is 11.1 Å². The van der Waals surface area contributed by atoms with E-state index in [1.165, 1.54) is 0 Å². The van der Waals surface area contributed by atoms with Gasteiger partial charge in [-0.3, -0.25) is 0 Å². The Morgan fingerprint density at radius 2 is 0.833 bits per heavy atom. The van der Waals surface area contributed by atoms with Gasteiger partial charge >= 0.3 is 0 Å². The smallest absolute Gasteiger partial charge is 0.0754 e. The molecule has 0 amide bonds. The summed E-state index contributed by atoms with van der Waals surface area (Å²) in [5.41, 5.74) is -0.339. The molecular weight excluding hydrogens is 152 g/mol. The maximum atomic E-state index is 3.92. The highest BCUT2D eigenvalue weighted by Gasteiger charge is 2.07. The lowest BCUT2D eigenvalue weighted by Crippen LogP contribution is -2.08. The van der Waals surface area contributed by atoms with Gasteiger partial charge in [-0.15, -0.1) is 0 Å². The van der Waals surface area contributed by atoms with E-state index in [-0.39, 0.29) is 11.1 Å². The van der Waals surface area contributed by atoms with Crippen LogP contribution < -0.4 is 0 Å². The fourth-order valence-electron chi connectivity index (χ4n) is 0.308. The van der Waals surface area contributed by atoms with Crippen LogP contribution in [0.3, 0.4) is 0 Å². The van der Waals surface area contributed by atoms with Crippen molar-refractivity contribution < 1.29 is 0 Å². The van der Waals surface area contributed by atoms with Crippen LogP contribution in [0.15, 0.2) is 20.7 Å². The first-order valence-electron chi connectivity index (χ1n) is 4.05. The Hall–Kier alpha value is -0.800. The van der Waals surface area contributed by atoms with Crippen molar-refractivity contribution in [3.05, 3.63) is 0 Å². The zero-order valence-corrected chi connectivity index (χ0v) is 8.79. The van der Waals surface area contributed by atoms with Crippen LogP contribution in [0.25, 0.3) is 0 Å². The number of rotatable bonds is 1. The summed E-state index contributed by atoms with van der Waals surface area (Å²) in [5, 5.41) is 15.1. The van der Waals surface area contributed by atoms with Crippen LogP contribution in [0.2, 0.25) is 0 Å². The molecule has 0 aliphatic rings. The second-order valence-corrected chi connectivity index (χ2v) is 4.72. The van der Waals surface area contributed by atoms with Gasteiger partial charge in [-0.05, 0) is 52.0 Å². The van der Waals surface area contributed by atoms with E-state index in [1.807, 2.05) is 41.5 Å². The van der Waals surface area contributed by atoms with Crippen LogP contribution in [0.4, 0.5) is 0 Å². The standard InChI is InChI=1S/C8H18N4/c1-7(2,3)9-11-12-10-8(4,5)6/h1-6H3. The molecule has 0 heterocycles. The second-order valence-electron chi connectivity index (χ2n) is 4.72. The molecule has 0 rings (SSSR count). The molecule has 0 radical (unpaired) electrons. The Bertz CT molecular complexity index is 158. The Morgan fingerprint density at radius 3 is 1.00 bits per heavy atom. The minimum atomic E-state index is -0.170. The van der Waals surface area contributed by atoms with E-state index in [4.69, 9.17) is 0 Å². The Balaban J connectivity index is 4.00. The largest absolute Gasteiger partial charge is 0.162 e. The molecule has 0 atom stereocenters. The highest BCUT2D eigenvalue weighted by atomic mass is 15.5. The topological polar surface area (TPSA) is 49.4 Å². The average molecular weight is 170 g/mol. The summed E-state index contributed by atoms with van der Waals surface area (Å²) in [4.78, 5) is 0. The van der Waals surface area contributed by atoms with Gasteiger partial charge in [0.15, 0.2) is 0 Å². The molecule has 12 heavy (non-hydrogen) atoms. The van der Waals surface area contributed by atoms with Crippen molar-refractivity contribution in [3.63, 3.8) is 0 Å². The second kappa shape index (κ2) is 3.74. The molecule has 0 unspecified atom stereocenters. The van der Waals surface area contributed by atoms with Crippen molar-refractivity contribution in [3.8, 4) is 0 Å². The Kier molecular flexibility index (Phi) is 3.49. The van der Waals surface area contributed by atoms with Crippen molar-refractivity contribution in [2.75, 3.05) is 0 Å². The van der Waals surface area contributed by atoms with Crippen molar-refractivity contribution in [2.45, 2.75) is 52.6 Å². The highest BCUT2D eigenvalue weighted by molar-refractivity contribution is 4.67. The Morgan fingerprint density at radius 1 is 0.583 bits per heavy atom. The zero-order chi connectivity index (χ0) is 9.83. The summed E-state index contributed by atoms with van der Waals surface area (Å²) in [6.07, 6.45) is 0. The molecule has 0 aromatic carbocycles. The Labute approximate surface area is 74.2 Å². The molecule has 4 nitrogen and oxygen atoms in total. The molecule has 0 aliphatic carbocycles. The van der Waals surface area contributed by atoms with Crippen LogP contribution in [-0.2, 0) is 0 Å². The van der Waals surface area contributed by atoms with Gasteiger partial charge in [0.1, 0.15) is 0 Å². The minimum absolute atomic E-state index is 0.170. The third kappa shape index (κ3) is 9.20.